The van der Waals surface area contributed by atoms with Crippen molar-refractivity contribution in [3.63, 3.8) is 0 Å². The third-order valence-corrected chi connectivity index (χ3v) is 7.64. The van der Waals surface area contributed by atoms with Crippen LogP contribution in [0, 0.1) is 17.3 Å². The van der Waals surface area contributed by atoms with Crippen LogP contribution in [0.3, 0.4) is 0 Å². The first-order valence-electron chi connectivity index (χ1n) is 11.1. The summed E-state index contributed by atoms with van der Waals surface area (Å²) >= 11 is 0. The lowest BCUT2D eigenvalue weighted by molar-refractivity contribution is -0.179. The highest BCUT2D eigenvalue weighted by Gasteiger charge is 2.54. The van der Waals surface area contributed by atoms with E-state index < -0.39 is 12.1 Å². The van der Waals surface area contributed by atoms with Gasteiger partial charge in [-0.3, -0.25) is 4.79 Å². The quantitative estimate of drug-likeness (QED) is 0.710. The molecule has 5 rings (SSSR count). The Morgan fingerprint density at radius 1 is 1.00 bits per heavy atom. The molecule has 7 heteroatoms. The number of fused-ring (bicyclic) bond motifs is 1. The predicted octanol–water partition coefficient (Wildman–Crippen LogP) is 5.07. The molecule has 1 saturated heterocycles. The van der Waals surface area contributed by atoms with Gasteiger partial charge in [0.1, 0.15) is 0 Å². The summed E-state index contributed by atoms with van der Waals surface area (Å²) in [5, 5.41) is 5.81. The molecule has 0 bridgehead atoms. The zero-order valence-corrected chi connectivity index (χ0v) is 17.4. The van der Waals surface area contributed by atoms with Gasteiger partial charge in [-0.05, 0) is 79.0 Å². The summed E-state index contributed by atoms with van der Waals surface area (Å²) in [4.78, 5) is 13.3. The Hall–Kier alpha value is -2.44. The molecule has 1 amide bonds. The molecular weight excluding hydrogens is 403 g/mol. The number of hydrogen-bond acceptors (Lipinski definition) is 3. The van der Waals surface area contributed by atoms with Crippen LogP contribution >= 0.6 is 0 Å². The molecule has 0 radical (unpaired) electrons. The number of benzene rings is 2. The molecule has 0 atom stereocenters. The van der Waals surface area contributed by atoms with Crippen molar-refractivity contribution in [3.05, 3.63) is 36.4 Å². The van der Waals surface area contributed by atoms with E-state index in [9.17, 15) is 18.0 Å². The van der Waals surface area contributed by atoms with Crippen molar-refractivity contribution in [1.29, 1.82) is 0 Å². The number of carbonyl (C=O) groups is 1. The van der Waals surface area contributed by atoms with Crippen LogP contribution in [0.25, 0.3) is 10.8 Å². The van der Waals surface area contributed by atoms with E-state index in [1.807, 2.05) is 6.07 Å². The molecule has 0 unspecified atom stereocenters. The van der Waals surface area contributed by atoms with E-state index in [0.29, 0.717) is 24.5 Å². The number of primary amides is 1. The molecule has 1 aliphatic heterocycles. The fraction of sp³-hybridized carbons (Fsp3) is 0.542. The van der Waals surface area contributed by atoms with Crippen LogP contribution < -0.4 is 16.0 Å². The molecule has 166 valence electrons. The summed E-state index contributed by atoms with van der Waals surface area (Å²) < 4.78 is 38.7. The first-order valence-corrected chi connectivity index (χ1v) is 11.1. The zero-order valence-electron chi connectivity index (χ0n) is 17.4. The Balaban J connectivity index is 1.19. The van der Waals surface area contributed by atoms with Crippen molar-refractivity contribution in [2.24, 2.45) is 23.0 Å². The average Bonchev–Trinajstić information content (AvgIpc) is 2.67. The lowest BCUT2D eigenvalue weighted by atomic mass is 9.50. The largest absolute Gasteiger partial charge is 0.391 e. The predicted molar refractivity (Wildman–Crippen MR) is 116 cm³/mol. The van der Waals surface area contributed by atoms with E-state index >= 15 is 0 Å². The molecule has 1 spiro atoms. The summed E-state index contributed by atoms with van der Waals surface area (Å²) in [6.45, 7) is 0.880. The minimum Gasteiger partial charge on any atom is -0.382 e. The molecule has 2 aromatic carbocycles. The maximum atomic E-state index is 12.9. The number of rotatable bonds is 4. The number of nitrogens with two attached hydrogens (primary N) is 1. The van der Waals surface area contributed by atoms with Gasteiger partial charge in [-0.2, -0.15) is 13.2 Å². The molecule has 2 aromatic rings. The maximum Gasteiger partial charge on any atom is 0.391 e. The standard InChI is InChI=1S/C24H28F3N3O/c25-24(26,27)18-5-7-30(8-6-18)21-4-2-15-9-19(3-1-16(15)10-21)29-20-13-23(14-20)11-17(12-23)22(28)31/h1-4,9-10,17-18,20,29H,5-8,11-14H2,(H2,28,31). The highest BCUT2D eigenvalue weighted by molar-refractivity contribution is 5.88. The minimum absolute atomic E-state index is 0.0649. The van der Waals surface area contributed by atoms with E-state index in [2.05, 4.69) is 40.5 Å². The molecule has 31 heavy (non-hydrogen) atoms. The van der Waals surface area contributed by atoms with E-state index in [1.165, 1.54) is 0 Å². The van der Waals surface area contributed by atoms with Gasteiger partial charge in [-0.15, -0.1) is 0 Å². The summed E-state index contributed by atoms with van der Waals surface area (Å²) in [7, 11) is 0. The second kappa shape index (κ2) is 7.31. The SMILES string of the molecule is NC(=O)C1CC2(CC(Nc3ccc4cc(N5CCC(C(F)(F)F)CC5)ccc4c3)C2)C1. The van der Waals surface area contributed by atoms with Gasteiger partial charge >= 0.3 is 6.18 Å². The number of alkyl halides is 3. The Morgan fingerprint density at radius 2 is 1.65 bits per heavy atom. The third kappa shape index (κ3) is 3.94. The van der Waals surface area contributed by atoms with Crippen molar-refractivity contribution in [2.45, 2.75) is 50.7 Å². The molecular formula is C24H28F3N3O. The van der Waals surface area contributed by atoms with Crippen LogP contribution in [0.2, 0.25) is 0 Å². The summed E-state index contributed by atoms with van der Waals surface area (Å²) in [6.07, 6.45) is 0.272. The Labute approximate surface area is 180 Å². The van der Waals surface area contributed by atoms with Crippen molar-refractivity contribution in [1.82, 2.24) is 0 Å². The van der Waals surface area contributed by atoms with Crippen LogP contribution in [0.5, 0.6) is 0 Å². The Kier molecular flexibility index (Phi) is 4.83. The van der Waals surface area contributed by atoms with Crippen molar-refractivity contribution in [2.75, 3.05) is 23.3 Å². The monoisotopic (exact) mass is 431 g/mol. The molecule has 1 heterocycles. The van der Waals surface area contributed by atoms with E-state index in [-0.39, 0.29) is 24.7 Å². The fourth-order valence-corrected chi connectivity index (χ4v) is 5.83. The first kappa shape index (κ1) is 20.5. The van der Waals surface area contributed by atoms with Gasteiger partial charge in [-0.25, -0.2) is 0 Å². The topological polar surface area (TPSA) is 58.4 Å². The third-order valence-electron chi connectivity index (χ3n) is 7.64. The molecule has 3 N–H and O–H groups in total. The van der Waals surface area contributed by atoms with Gasteiger partial charge in [0.25, 0.3) is 0 Å². The van der Waals surface area contributed by atoms with Gasteiger partial charge in [0, 0.05) is 36.4 Å². The summed E-state index contributed by atoms with van der Waals surface area (Å²) in [6, 6.07) is 12.8. The van der Waals surface area contributed by atoms with Gasteiger partial charge in [0.15, 0.2) is 0 Å². The first-order chi connectivity index (χ1) is 14.7. The smallest absolute Gasteiger partial charge is 0.382 e. The molecule has 3 fully saturated rings. The second-order valence-corrected chi connectivity index (χ2v) is 9.81. The van der Waals surface area contributed by atoms with Crippen LogP contribution in [0.1, 0.15) is 38.5 Å². The zero-order chi connectivity index (χ0) is 21.8. The van der Waals surface area contributed by atoms with Crippen LogP contribution in [0.15, 0.2) is 36.4 Å². The number of hydrogen-bond donors (Lipinski definition) is 2. The highest BCUT2D eigenvalue weighted by Crippen LogP contribution is 2.59. The number of carbonyl (C=O) groups excluding carboxylic acids is 1. The number of amides is 1. The Morgan fingerprint density at radius 3 is 2.29 bits per heavy atom. The summed E-state index contributed by atoms with van der Waals surface area (Å²) in [5.41, 5.74) is 7.78. The highest BCUT2D eigenvalue weighted by atomic mass is 19.4. The molecule has 2 saturated carbocycles. The normalized spacial score (nSPS) is 28.9. The van der Waals surface area contributed by atoms with Crippen molar-refractivity contribution >= 4 is 28.1 Å². The van der Waals surface area contributed by atoms with Gasteiger partial charge in [0.05, 0.1) is 5.92 Å². The lowest BCUT2D eigenvalue weighted by Gasteiger charge is -2.57. The van der Waals surface area contributed by atoms with Gasteiger partial charge in [0.2, 0.25) is 5.91 Å². The van der Waals surface area contributed by atoms with Crippen LogP contribution in [-0.2, 0) is 4.79 Å². The van der Waals surface area contributed by atoms with E-state index in [1.54, 1.807) is 0 Å². The van der Waals surface area contributed by atoms with E-state index in [4.69, 9.17) is 5.73 Å². The number of piperidine rings is 1. The van der Waals surface area contributed by atoms with Gasteiger partial charge in [-0.1, -0.05) is 12.1 Å². The molecule has 3 aliphatic rings. The number of halogens is 3. The number of nitrogens with zero attached hydrogens (tertiary/aromatic N) is 1. The second-order valence-electron chi connectivity index (χ2n) is 9.81. The van der Waals surface area contributed by atoms with Gasteiger partial charge < -0.3 is 16.0 Å². The average molecular weight is 432 g/mol. The van der Waals surface area contributed by atoms with Crippen molar-refractivity contribution in [3.8, 4) is 0 Å². The van der Waals surface area contributed by atoms with Crippen molar-refractivity contribution < 1.29 is 18.0 Å². The number of anilines is 2. The lowest BCUT2D eigenvalue weighted by Crippen LogP contribution is -2.55. The molecule has 0 aromatic heterocycles. The maximum absolute atomic E-state index is 12.9. The van der Waals surface area contributed by atoms with Crippen LogP contribution in [0.4, 0.5) is 24.5 Å². The fourth-order valence-electron chi connectivity index (χ4n) is 5.83. The molecule has 4 nitrogen and oxygen atoms in total. The minimum atomic E-state index is -4.08. The summed E-state index contributed by atoms with van der Waals surface area (Å²) in [5.74, 6) is -1.28. The Bertz CT molecular complexity index is 983. The van der Waals surface area contributed by atoms with E-state index in [0.717, 1.165) is 47.8 Å². The molecule has 2 aliphatic carbocycles. The number of nitrogens with one attached hydrogen (secondary N) is 1. The van der Waals surface area contributed by atoms with Crippen LogP contribution in [-0.4, -0.2) is 31.2 Å².